The highest BCUT2D eigenvalue weighted by Crippen LogP contribution is 2.24. The smallest absolute Gasteiger partial charge is 0.306 e. The molecule has 0 amide bonds. The van der Waals surface area contributed by atoms with Crippen LogP contribution in [-0.2, 0) is 6.42 Å². The normalized spacial score (nSPS) is 15.9. The van der Waals surface area contributed by atoms with Crippen molar-refractivity contribution in [2.24, 2.45) is 5.92 Å². The van der Waals surface area contributed by atoms with Crippen LogP contribution in [0.3, 0.4) is 0 Å². The zero-order valence-corrected chi connectivity index (χ0v) is 16.5. The van der Waals surface area contributed by atoms with E-state index in [0.717, 1.165) is 32.0 Å². The predicted octanol–water partition coefficient (Wildman–Crippen LogP) is 4.04. The van der Waals surface area contributed by atoms with Crippen LogP contribution in [0.25, 0.3) is 11.0 Å². The summed E-state index contributed by atoms with van der Waals surface area (Å²) in [6, 6.07) is 14.0. The molecule has 2 N–H and O–H groups in total. The van der Waals surface area contributed by atoms with Gasteiger partial charge in [0.15, 0.2) is 5.78 Å². The Morgan fingerprint density at radius 2 is 1.75 bits per heavy atom. The first-order valence-corrected chi connectivity index (χ1v) is 10.2. The lowest BCUT2D eigenvalue weighted by atomic mass is 9.90. The predicted molar refractivity (Wildman–Crippen MR) is 112 cm³/mol. The average molecular weight is 398 g/mol. The van der Waals surface area contributed by atoms with Crippen LogP contribution in [0.1, 0.15) is 35.2 Å². The van der Waals surface area contributed by atoms with E-state index in [0.29, 0.717) is 28.0 Å². The van der Waals surface area contributed by atoms with Gasteiger partial charge in [-0.3, -0.25) is 4.79 Å². The topological polar surface area (TPSA) is 69.0 Å². The first-order chi connectivity index (χ1) is 13.6. The number of carbonyl (C=O) groups is 1. The average Bonchev–Trinajstić information content (AvgIpc) is 3.06. The molecule has 1 aliphatic heterocycles. The van der Waals surface area contributed by atoms with Crippen LogP contribution in [-0.4, -0.2) is 40.3 Å². The third kappa shape index (κ3) is 4.37. The van der Waals surface area contributed by atoms with Crippen molar-refractivity contribution in [2.75, 3.05) is 19.6 Å². The number of H-pyrrole nitrogens is 2. The summed E-state index contributed by atoms with van der Waals surface area (Å²) >= 11 is 6.25. The van der Waals surface area contributed by atoms with Crippen LogP contribution in [0, 0.1) is 5.92 Å². The zero-order valence-electron chi connectivity index (χ0n) is 15.7. The molecule has 2 aromatic carbocycles. The molecule has 146 valence electrons. The number of ketones is 1. The van der Waals surface area contributed by atoms with Gasteiger partial charge in [0, 0.05) is 18.5 Å². The van der Waals surface area contributed by atoms with Gasteiger partial charge in [0.25, 0.3) is 0 Å². The molecular weight excluding hydrogens is 374 g/mol. The number of fused-ring (bicyclic) bond motifs is 1. The number of aromatic amines is 2. The van der Waals surface area contributed by atoms with Crippen LogP contribution in [0.5, 0.6) is 0 Å². The number of likely N-dealkylation sites (tertiary alicyclic amines) is 1. The van der Waals surface area contributed by atoms with Gasteiger partial charge in [0.05, 0.1) is 16.1 Å². The summed E-state index contributed by atoms with van der Waals surface area (Å²) in [6.07, 6.45) is 3.90. The van der Waals surface area contributed by atoms with Gasteiger partial charge in [-0.1, -0.05) is 41.9 Å². The molecule has 0 bridgehead atoms. The molecule has 0 atom stereocenters. The lowest BCUT2D eigenvalue weighted by Gasteiger charge is -2.31. The highest BCUT2D eigenvalue weighted by atomic mass is 35.5. The molecule has 4 rings (SSSR count). The molecule has 0 radical (unpaired) electrons. The molecule has 2 heterocycles. The minimum Gasteiger partial charge on any atom is -0.306 e. The van der Waals surface area contributed by atoms with E-state index in [9.17, 15) is 9.59 Å². The van der Waals surface area contributed by atoms with E-state index in [4.69, 9.17) is 11.6 Å². The van der Waals surface area contributed by atoms with Gasteiger partial charge in [-0.2, -0.15) is 0 Å². The second-order valence-corrected chi connectivity index (χ2v) is 8.01. The van der Waals surface area contributed by atoms with Gasteiger partial charge < -0.3 is 14.9 Å². The number of piperidine rings is 1. The van der Waals surface area contributed by atoms with Crippen molar-refractivity contribution in [3.05, 3.63) is 69.1 Å². The quantitative estimate of drug-likeness (QED) is 0.617. The fourth-order valence-corrected chi connectivity index (χ4v) is 4.29. The fourth-order valence-electron chi connectivity index (χ4n) is 4.03. The van der Waals surface area contributed by atoms with E-state index in [2.05, 4.69) is 45.2 Å². The standard InChI is InChI=1S/C22H24ClN3O2/c23-18-14-20-19(24-22(28)25-20)13-17(18)21(27)8-11-26-9-6-16(7-10-26)12-15-4-2-1-3-5-15/h1-5,13-14,16H,6-12H2,(H2,24,25,28). The van der Waals surface area contributed by atoms with Crippen molar-refractivity contribution in [1.82, 2.24) is 14.9 Å². The van der Waals surface area contributed by atoms with Crippen molar-refractivity contribution in [3.8, 4) is 0 Å². The SMILES string of the molecule is O=C(CCN1CCC(Cc2ccccc2)CC1)c1cc2[nH]c(=O)[nH]c2cc1Cl. The maximum Gasteiger partial charge on any atom is 0.323 e. The van der Waals surface area contributed by atoms with Crippen LogP contribution < -0.4 is 5.69 Å². The lowest BCUT2D eigenvalue weighted by Crippen LogP contribution is -2.35. The zero-order chi connectivity index (χ0) is 19.5. The Bertz CT molecular complexity index is 1020. The number of Topliss-reactive ketones (excluding diaryl/α,β-unsaturated/α-hetero) is 1. The number of halogens is 1. The fraction of sp³-hybridized carbons (Fsp3) is 0.364. The highest BCUT2D eigenvalue weighted by molar-refractivity contribution is 6.34. The van der Waals surface area contributed by atoms with Crippen molar-refractivity contribution in [2.45, 2.75) is 25.7 Å². The lowest BCUT2D eigenvalue weighted by molar-refractivity contribution is 0.0951. The monoisotopic (exact) mass is 397 g/mol. The van der Waals surface area contributed by atoms with Gasteiger partial charge in [0.2, 0.25) is 0 Å². The van der Waals surface area contributed by atoms with Crippen molar-refractivity contribution in [3.63, 3.8) is 0 Å². The molecule has 28 heavy (non-hydrogen) atoms. The van der Waals surface area contributed by atoms with Crippen LogP contribution >= 0.6 is 11.6 Å². The largest absolute Gasteiger partial charge is 0.323 e. The number of hydrogen-bond donors (Lipinski definition) is 2. The number of benzene rings is 2. The Morgan fingerprint density at radius 1 is 1.07 bits per heavy atom. The minimum atomic E-state index is -0.297. The van der Waals surface area contributed by atoms with Gasteiger partial charge in [-0.15, -0.1) is 0 Å². The molecule has 1 aliphatic rings. The summed E-state index contributed by atoms with van der Waals surface area (Å²) < 4.78 is 0. The van der Waals surface area contributed by atoms with Crippen molar-refractivity contribution < 1.29 is 4.79 Å². The summed E-state index contributed by atoms with van der Waals surface area (Å²) in [7, 11) is 0. The molecule has 3 aromatic rings. The summed E-state index contributed by atoms with van der Waals surface area (Å²) in [5, 5.41) is 0.384. The molecule has 5 nitrogen and oxygen atoms in total. The number of rotatable bonds is 6. The van der Waals surface area contributed by atoms with Crippen molar-refractivity contribution >= 4 is 28.4 Å². The number of nitrogens with zero attached hydrogens (tertiary/aromatic N) is 1. The molecule has 1 saturated heterocycles. The highest BCUT2D eigenvalue weighted by Gasteiger charge is 2.21. The second kappa shape index (κ2) is 8.33. The van der Waals surface area contributed by atoms with E-state index in [1.807, 2.05) is 0 Å². The molecule has 0 aliphatic carbocycles. The van der Waals surface area contributed by atoms with E-state index >= 15 is 0 Å². The molecule has 6 heteroatoms. The Kier molecular flexibility index (Phi) is 5.64. The minimum absolute atomic E-state index is 0.0142. The molecular formula is C22H24ClN3O2. The number of carbonyl (C=O) groups excluding carboxylic acids is 1. The summed E-state index contributed by atoms with van der Waals surface area (Å²) in [6.45, 7) is 2.81. The maximum atomic E-state index is 12.7. The maximum absolute atomic E-state index is 12.7. The van der Waals surface area contributed by atoms with E-state index < -0.39 is 0 Å². The van der Waals surface area contributed by atoms with Crippen molar-refractivity contribution in [1.29, 1.82) is 0 Å². The summed E-state index contributed by atoms with van der Waals surface area (Å²) in [5.74, 6) is 0.733. The second-order valence-electron chi connectivity index (χ2n) is 7.60. The number of imidazole rings is 1. The van der Waals surface area contributed by atoms with E-state index in [1.54, 1.807) is 12.1 Å². The number of aromatic nitrogens is 2. The molecule has 0 spiro atoms. The molecule has 0 unspecified atom stereocenters. The molecule has 1 aromatic heterocycles. The van der Waals surface area contributed by atoms with E-state index in [1.165, 1.54) is 18.4 Å². The first kappa shape index (κ1) is 19.0. The Labute approximate surface area is 168 Å². The van der Waals surface area contributed by atoms with Gasteiger partial charge >= 0.3 is 5.69 Å². The Morgan fingerprint density at radius 3 is 2.46 bits per heavy atom. The first-order valence-electron chi connectivity index (χ1n) is 9.79. The summed E-state index contributed by atoms with van der Waals surface area (Å²) in [5.41, 5.74) is 2.81. The Hall–Kier alpha value is -2.37. The van der Waals surface area contributed by atoms with Crippen LogP contribution in [0.2, 0.25) is 5.02 Å². The van der Waals surface area contributed by atoms with Crippen LogP contribution in [0.4, 0.5) is 0 Å². The third-order valence-electron chi connectivity index (χ3n) is 5.63. The van der Waals surface area contributed by atoms with Crippen LogP contribution in [0.15, 0.2) is 47.3 Å². The number of hydrogen-bond acceptors (Lipinski definition) is 3. The summed E-state index contributed by atoms with van der Waals surface area (Å²) in [4.78, 5) is 31.8. The molecule has 1 fully saturated rings. The van der Waals surface area contributed by atoms with Gasteiger partial charge in [-0.05, 0) is 56.0 Å². The third-order valence-corrected chi connectivity index (χ3v) is 5.95. The molecule has 0 saturated carbocycles. The van der Waals surface area contributed by atoms with Gasteiger partial charge in [-0.25, -0.2) is 4.79 Å². The Balaban J connectivity index is 1.30. The number of nitrogens with one attached hydrogen (secondary N) is 2. The van der Waals surface area contributed by atoms with E-state index in [-0.39, 0.29) is 11.5 Å². The van der Waals surface area contributed by atoms with Gasteiger partial charge in [0.1, 0.15) is 0 Å².